The summed E-state index contributed by atoms with van der Waals surface area (Å²) in [5.74, 6) is -1.12. The Hall–Kier alpha value is -1.43. The third kappa shape index (κ3) is 1.90. The van der Waals surface area contributed by atoms with E-state index in [1.54, 1.807) is 0 Å². The molecule has 1 aromatic carbocycles. The Morgan fingerprint density at radius 1 is 1.57 bits per heavy atom. The fraction of sp³-hybridized carbons (Fsp3) is 0.125. The van der Waals surface area contributed by atoms with Crippen molar-refractivity contribution in [3.8, 4) is 0 Å². The van der Waals surface area contributed by atoms with Crippen molar-refractivity contribution in [2.24, 2.45) is 0 Å². The highest BCUT2D eigenvalue weighted by molar-refractivity contribution is 9.10. The Bertz CT molecular complexity index is 376. The molecule has 5 nitrogen and oxygen atoms in total. The average Bonchev–Trinajstić information content (AvgIpc) is 2.07. The lowest BCUT2D eigenvalue weighted by Crippen LogP contribution is -2.00. The standard InChI is InChI=1S/C8H6BrNO4/c1-4-2-5(8(11)12)6(9)3-7(4)10(13)14/h2-3H,1H3,(H,11,12). The van der Waals surface area contributed by atoms with Crippen LogP contribution in [0.1, 0.15) is 15.9 Å². The minimum atomic E-state index is -1.12. The Balaban J connectivity index is 3.38. The molecule has 0 aliphatic heterocycles. The summed E-state index contributed by atoms with van der Waals surface area (Å²) in [5, 5.41) is 19.2. The predicted molar refractivity (Wildman–Crippen MR) is 52.5 cm³/mol. The molecule has 1 N–H and O–H groups in total. The van der Waals surface area contributed by atoms with E-state index in [9.17, 15) is 14.9 Å². The van der Waals surface area contributed by atoms with Crippen LogP contribution in [0.3, 0.4) is 0 Å². The van der Waals surface area contributed by atoms with Gasteiger partial charge in [-0.3, -0.25) is 10.1 Å². The molecule has 0 saturated carbocycles. The quantitative estimate of drug-likeness (QED) is 0.653. The molecule has 14 heavy (non-hydrogen) atoms. The minimum absolute atomic E-state index is 0.0214. The van der Waals surface area contributed by atoms with Crippen molar-refractivity contribution in [1.82, 2.24) is 0 Å². The number of nitro groups is 1. The number of hydrogen-bond donors (Lipinski definition) is 1. The van der Waals surface area contributed by atoms with Crippen molar-refractivity contribution < 1.29 is 14.8 Å². The van der Waals surface area contributed by atoms with Gasteiger partial charge in [0.1, 0.15) is 0 Å². The van der Waals surface area contributed by atoms with E-state index in [1.165, 1.54) is 19.1 Å². The first-order chi connectivity index (χ1) is 6.43. The number of hydrogen-bond acceptors (Lipinski definition) is 3. The van der Waals surface area contributed by atoms with Gasteiger partial charge in [-0.05, 0) is 28.9 Å². The number of carboxylic acid groups (broad SMARTS) is 1. The van der Waals surface area contributed by atoms with Crippen molar-refractivity contribution in [1.29, 1.82) is 0 Å². The van der Waals surface area contributed by atoms with Crippen molar-refractivity contribution in [3.63, 3.8) is 0 Å². The molecule has 0 spiro atoms. The van der Waals surface area contributed by atoms with E-state index < -0.39 is 10.9 Å². The van der Waals surface area contributed by atoms with Crippen LogP contribution in [0, 0.1) is 17.0 Å². The number of halogens is 1. The minimum Gasteiger partial charge on any atom is -0.478 e. The fourth-order valence-corrected chi connectivity index (χ4v) is 1.53. The van der Waals surface area contributed by atoms with Gasteiger partial charge < -0.3 is 5.11 Å². The van der Waals surface area contributed by atoms with Crippen LogP contribution >= 0.6 is 15.9 Å². The summed E-state index contributed by atoms with van der Waals surface area (Å²) in [6, 6.07) is 2.46. The maximum absolute atomic E-state index is 10.7. The van der Waals surface area contributed by atoms with Gasteiger partial charge in [0.05, 0.1) is 10.5 Å². The van der Waals surface area contributed by atoms with Gasteiger partial charge in [0.25, 0.3) is 5.69 Å². The second kappa shape index (κ2) is 3.75. The van der Waals surface area contributed by atoms with Crippen LogP contribution in [0.2, 0.25) is 0 Å². The van der Waals surface area contributed by atoms with Crippen LogP contribution in [0.15, 0.2) is 16.6 Å². The summed E-state index contributed by atoms with van der Waals surface area (Å²) in [6.45, 7) is 1.50. The molecule has 0 amide bonds. The molecule has 74 valence electrons. The number of nitrogens with zero attached hydrogens (tertiary/aromatic N) is 1. The molecule has 0 unspecified atom stereocenters. The molecule has 0 fully saturated rings. The van der Waals surface area contributed by atoms with E-state index in [-0.39, 0.29) is 15.7 Å². The molecule has 0 atom stereocenters. The molecule has 6 heteroatoms. The summed E-state index contributed by atoms with van der Waals surface area (Å²) in [5.41, 5.74) is 0.255. The molecule has 0 bridgehead atoms. The van der Waals surface area contributed by atoms with Gasteiger partial charge in [0, 0.05) is 16.1 Å². The number of carboxylic acids is 1. The Morgan fingerprint density at radius 2 is 2.14 bits per heavy atom. The van der Waals surface area contributed by atoms with Crippen LogP contribution in [0.5, 0.6) is 0 Å². The van der Waals surface area contributed by atoms with Crippen molar-refractivity contribution in [2.75, 3.05) is 0 Å². The van der Waals surface area contributed by atoms with E-state index in [1.807, 2.05) is 0 Å². The summed E-state index contributed by atoms with van der Waals surface area (Å²) >= 11 is 2.96. The van der Waals surface area contributed by atoms with E-state index in [2.05, 4.69) is 15.9 Å². The van der Waals surface area contributed by atoms with Gasteiger partial charge in [-0.25, -0.2) is 4.79 Å². The zero-order valence-corrected chi connectivity index (χ0v) is 8.74. The van der Waals surface area contributed by atoms with Crippen LogP contribution < -0.4 is 0 Å². The average molecular weight is 260 g/mol. The second-order valence-electron chi connectivity index (χ2n) is 2.68. The molecular weight excluding hydrogens is 254 g/mol. The van der Waals surface area contributed by atoms with Gasteiger partial charge in [0.2, 0.25) is 0 Å². The lowest BCUT2D eigenvalue weighted by Gasteiger charge is -2.01. The summed E-state index contributed by atoms with van der Waals surface area (Å²) in [4.78, 5) is 20.6. The van der Waals surface area contributed by atoms with Gasteiger partial charge in [-0.15, -0.1) is 0 Å². The van der Waals surface area contributed by atoms with E-state index in [0.29, 0.717) is 5.56 Å². The number of carbonyl (C=O) groups is 1. The SMILES string of the molecule is Cc1cc(C(=O)O)c(Br)cc1[N+](=O)[O-]. The van der Waals surface area contributed by atoms with E-state index in [4.69, 9.17) is 5.11 Å². The molecular formula is C8H6BrNO4. The topological polar surface area (TPSA) is 80.4 Å². The molecule has 0 aliphatic rings. The molecule has 0 saturated heterocycles. The highest BCUT2D eigenvalue weighted by Gasteiger charge is 2.17. The Morgan fingerprint density at radius 3 is 2.57 bits per heavy atom. The number of aryl methyl sites for hydroxylation is 1. The van der Waals surface area contributed by atoms with Crippen molar-refractivity contribution >= 4 is 27.6 Å². The molecule has 0 aliphatic carbocycles. The molecule has 1 rings (SSSR count). The summed E-state index contributed by atoms with van der Waals surface area (Å²) < 4.78 is 0.210. The maximum atomic E-state index is 10.7. The number of rotatable bonds is 2. The van der Waals surface area contributed by atoms with Gasteiger partial charge >= 0.3 is 5.97 Å². The highest BCUT2D eigenvalue weighted by atomic mass is 79.9. The fourth-order valence-electron chi connectivity index (χ4n) is 1.03. The first-order valence-corrected chi connectivity index (χ1v) is 4.40. The summed E-state index contributed by atoms with van der Waals surface area (Å²) in [7, 11) is 0. The number of benzene rings is 1. The van der Waals surface area contributed by atoms with Gasteiger partial charge in [-0.2, -0.15) is 0 Å². The lowest BCUT2D eigenvalue weighted by atomic mass is 10.1. The van der Waals surface area contributed by atoms with Gasteiger partial charge in [0.15, 0.2) is 0 Å². The van der Waals surface area contributed by atoms with E-state index in [0.717, 1.165) is 0 Å². The van der Waals surface area contributed by atoms with Crippen LogP contribution in [0.25, 0.3) is 0 Å². The molecule has 1 aromatic rings. The maximum Gasteiger partial charge on any atom is 0.336 e. The Labute approximate surface area is 87.6 Å². The first kappa shape index (κ1) is 10.6. The largest absolute Gasteiger partial charge is 0.478 e. The highest BCUT2D eigenvalue weighted by Crippen LogP contribution is 2.26. The van der Waals surface area contributed by atoms with Crippen molar-refractivity contribution in [3.05, 3.63) is 37.8 Å². The molecule has 0 aromatic heterocycles. The monoisotopic (exact) mass is 259 g/mol. The smallest absolute Gasteiger partial charge is 0.336 e. The van der Waals surface area contributed by atoms with Crippen LogP contribution in [0.4, 0.5) is 5.69 Å². The van der Waals surface area contributed by atoms with Crippen LogP contribution in [-0.2, 0) is 0 Å². The third-order valence-corrected chi connectivity index (χ3v) is 2.37. The van der Waals surface area contributed by atoms with E-state index >= 15 is 0 Å². The lowest BCUT2D eigenvalue weighted by molar-refractivity contribution is -0.385. The van der Waals surface area contributed by atoms with Crippen molar-refractivity contribution in [2.45, 2.75) is 6.92 Å². The van der Waals surface area contributed by atoms with Gasteiger partial charge in [-0.1, -0.05) is 0 Å². The zero-order valence-electron chi connectivity index (χ0n) is 7.15. The predicted octanol–water partition coefficient (Wildman–Crippen LogP) is 2.36. The Kier molecular flexibility index (Phi) is 2.85. The van der Waals surface area contributed by atoms with Crippen LogP contribution in [-0.4, -0.2) is 16.0 Å². The molecule has 0 heterocycles. The summed E-state index contributed by atoms with van der Waals surface area (Å²) in [6.07, 6.45) is 0. The zero-order chi connectivity index (χ0) is 10.9. The number of aromatic carboxylic acids is 1. The number of nitro benzene ring substituents is 1. The third-order valence-electron chi connectivity index (χ3n) is 1.71. The normalized spacial score (nSPS) is 9.86. The first-order valence-electron chi connectivity index (χ1n) is 3.61. The molecule has 0 radical (unpaired) electrons. The second-order valence-corrected chi connectivity index (χ2v) is 3.54.